The van der Waals surface area contributed by atoms with Gasteiger partial charge in [0.15, 0.2) is 6.61 Å². The molecule has 0 aromatic rings. The Morgan fingerprint density at radius 1 is 0.581 bits per heavy atom. The number of esters is 2. The largest absolute Gasteiger partial charge is 0.460 e. The summed E-state index contributed by atoms with van der Waals surface area (Å²) in [6, 6.07) is 0. The van der Waals surface area contributed by atoms with Crippen LogP contribution in [0.1, 0.15) is 27.2 Å². The third-order valence-corrected chi connectivity index (χ3v) is 5.08. The number of rotatable bonds is 15. The maximum absolute atomic E-state index is 14.1. The summed E-state index contributed by atoms with van der Waals surface area (Å²) in [5.41, 5.74) is -0.799. The van der Waals surface area contributed by atoms with E-state index in [0.717, 1.165) is 13.8 Å². The molecule has 0 saturated heterocycles. The third kappa shape index (κ3) is 7.13. The highest BCUT2D eigenvalue weighted by Gasteiger charge is 2.95. The molecular formula is C21H19F17O5. The molecule has 0 spiro atoms. The lowest BCUT2D eigenvalue weighted by atomic mass is 9.88. The first kappa shape index (κ1) is 40.2. The van der Waals surface area contributed by atoms with Gasteiger partial charge in [-0.05, 0) is 13.8 Å². The average molecular weight is 674 g/mol. The molecule has 252 valence electrons. The van der Waals surface area contributed by atoms with E-state index in [1.165, 1.54) is 0 Å². The molecule has 1 unspecified atom stereocenters. The number of hydrogen-bond acceptors (Lipinski definition) is 5. The van der Waals surface area contributed by atoms with Gasteiger partial charge in [0.05, 0.1) is 6.61 Å². The van der Waals surface area contributed by atoms with Gasteiger partial charge in [0.2, 0.25) is 5.79 Å². The molecule has 0 saturated carbocycles. The lowest BCUT2D eigenvalue weighted by Gasteiger charge is -2.42. The minimum Gasteiger partial charge on any atom is -0.455 e. The molecular weight excluding hydrogens is 655 g/mol. The molecule has 0 bridgehead atoms. The molecule has 0 aliphatic carbocycles. The minimum atomic E-state index is -8.75. The zero-order chi connectivity index (χ0) is 35.1. The molecule has 1 atom stereocenters. The first-order valence-corrected chi connectivity index (χ1v) is 10.7. The van der Waals surface area contributed by atoms with Gasteiger partial charge in [-0.3, -0.25) is 0 Å². The second kappa shape index (κ2) is 11.9. The molecule has 0 amide bonds. The van der Waals surface area contributed by atoms with Crippen LogP contribution >= 0.6 is 0 Å². The van der Waals surface area contributed by atoms with E-state index >= 15 is 0 Å². The molecule has 0 fully saturated rings. The van der Waals surface area contributed by atoms with E-state index in [9.17, 15) is 84.2 Å². The molecule has 22 heteroatoms. The highest BCUT2D eigenvalue weighted by atomic mass is 19.4. The van der Waals surface area contributed by atoms with Crippen LogP contribution in [0.3, 0.4) is 0 Å². The first-order chi connectivity index (χ1) is 18.6. The van der Waals surface area contributed by atoms with Gasteiger partial charge in [-0.15, -0.1) is 0 Å². The van der Waals surface area contributed by atoms with Crippen molar-refractivity contribution in [2.45, 2.75) is 80.6 Å². The Balaban J connectivity index is 6.37. The van der Waals surface area contributed by atoms with Gasteiger partial charge in [-0.1, -0.05) is 13.2 Å². The molecule has 0 aromatic heterocycles. The predicted octanol–water partition coefficient (Wildman–Crippen LogP) is 7.36. The van der Waals surface area contributed by atoms with Crippen LogP contribution in [-0.2, 0) is 23.8 Å². The highest BCUT2D eigenvalue weighted by molar-refractivity contribution is 5.88. The van der Waals surface area contributed by atoms with Crippen LogP contribution in [-0.4, -0.2) is 78.6 Å². The molecule has 0 aliphatic rings. The predicted molar refractivity (Wildman–Crippen MR) is 106 cm³/mol. The number of hydrogen-bond donors (Lipinski definition) is 0. The smallest absolute Gasteiger partial charge is 0.455 e. The molecule has 0 aromatic carbocycles. The van der Waals surface area contributed by atoms with Crippen molar-refractivity contribution in [3.63, 3.8) is 0 Å². The van der Waals surface area contributed by atoms with Crippen molar-refractivity contribution in [1.82, 2.24) is 0 Å². The fourth-order valence-electron chi connectivity index (χ4n) is 2.45. The second-order valence-electron chi connectivity index (χ2n) is 8.91. The zero-order valence-electron chi connectivity index (χ0n) is 21.5. The van der Waals surface area contributed by atoms with E-state index in [1.807, 2.05) is 0 Å². The van der Waals surface area contributed by atoms with Crippen LogP contribution in [0.4, 0.5) is 74.6 Å². The van der Waals surface area contributed by atoms with Crippen LogP contribution in [0.2, 0.25) is 0 Å². The summed E-state index contributed by atoms with van der Waals surface area (Å²) in [7, 11) is 0. The van der Waals surface area contributed by atoms with E-state index in [4.69, 9.17) is 0 Å². The monoisotopic (exact) mass is 674 g/mol. The fraction of sp³-hybridized carbons (Fsp3) is 0.714. The SMILES string of the molecule is C=C(C)C(=O)OCC(C)(OCCC(F)(F)C(F)(F)C(F)(F)C(F)(F)C(F)(F)C(F)(F)C(F)(F)C(F)(F)F)OC(=O)C(=C)C. The van der Waals surface area contributed by atoms with Gasteiger partial charge < -0.3 is 14.2 Å². The Hall–Kier alpha value is -2.81. The van der Waals surface area contributed by atoms with Crippen LogP contribution in [0.25, 0.3) is 0 Å². The molecule has 0 aliphatic heterocycles. The van der Waals surface area contributed by atoms with Gasteiger partial charge >= 0.3 is 59.6 Å². The molecule has 0 rings (SSSR count). The Kier molecular flexibility index (Phi) is 11.2. The van der Waals surface area contributed by atoms with Gasteiger partial charge in [0, 0.05) is 24.5 Å². The van der Waals surface area contributed by atoms with Gasteiger partial charge in [-0.2, -0.15) is 74.6 Å². The van der Waals surface area contributed by atoms with Crippen molar-refractivity contribution in [1.29, 1.82) is 0 Å². The van der Waals surface area contributed by atoms with Crippen LogP contribution in [0, 0.1) is 0 Å². The Bertz CT molecular complexity index is 1080. The summed E-state index contributed by atoms with van der Waals surface area (Å²) < 4.78 is 241. The maximum atomic E-state index is 14.1. The summed E-state index contributed by atoms with van der Waals surface area (Å²) >= 11 is 0. The summed E-state index contributed by atoms with van der Waals surface area (Å²) in [5.74, 6) is -62.9. The maximum Gasteiger partial charge on any atom is 0.460 e. The van der Waals surface area contributed by atoms with E-state index in [-0.39, 0.29) is 5.57 Å². The standard InChI is InChI=1S/C21H19F17O5/c1-9(2)11(39)41-8-13(5,43-12(40)10(3)4)42-7-6-14(22,23)15(24,25)16(26,27)17(28,29)18(30,31)19(32,33)20(34,35)21(36,37)38/h1,3,6-8H2,2,4-5H3. The average Bonchev–Trinajstić information content (AvgIpc) is 2.80. The molecule has 0 N–H and O–H groups in total. The fourth-order valence-corrected chi connectivity index (χ4v) is 2.45. The van der Waals surface area contributed by atoms with E-state index < -0.39 is 90.6 Å². The normalized spacial score (nSPS) is 15.9. The Morgan fingerprint density at radius 3 is 1.28 bits per heavy atom. The van der Waals surface area contributed by atoms with Crippen LogP contribution in [0.15, 0.2) is 24.3 Å². The van der Waals surface area contributed by atoms with Crippen molar-refractivity contribution in [2.75, 3.05) is 13.2 Å². The first-order valence-electron chi connectivity index (χ1n) is 10.7. The summed E-state index contributed by atoms with van der Waals surface area (Å²) in [6.07, 6.45) is -10.8. The van der Waals surface area contributed by atoms with Crippen molar-refractivity contribution in [2.24, 2.45) is 0 Å². The molecule has 43 heavy (non-hydrogen) atoms. The van der Waals surface area contributed by atoms with Crippen molar-refractivity contribution < 1.29 is 98.4 Å². The summed E-state index contributed by atoms with van der Waals surface area (Å²) in [6.45, 7) is 5.41. The van der Waals surface area contributed by atoms with Gasteiger partial charge in [0.1, 0.15) is 0 Å². The van der Waals surface area contributed by atoms with Gasteiger partial charge in [0.25, 0.3) is 0 Å². The number of alkyl halides is 17. The topological polar surface area (TPSA) is 61.8 Å². The van der Waals surface area contributed by atoms with E-state index in [2.05, 4.69) is 27.4 Å². The van der Waals surface area contributed by atoms with Crippen molar-refractivity contribution in [3.8, 4) is 0 Å². The van der Waals surface area contributed by atoms with Crippen molar-refractivity contribution >= 4 is 11.9 Å². The number of carbonyl (C=O) groups excluding carboxylic acids is 2. The minimum absolute atomic E-state index is 0.335. The lowest BCUT2D eigenvalue weighted by molar-refractivity contribution is -0.462. The number of halogens is 17. The molecule has 0 heterocycles. The lowest BCUT2D eigenvalue weighted by Crippen LogP contribution is -2.74. The molecule has 0 radical (unpaired) electrons. The van der Waals surface area contributed by atoms with Crippen molar-refractivity contribution in [3.05, 3.63) is 24.3 Å². The third-order valence-electron chi connectivity index (χ3n) is 5.08. The highest BCUT2D eigenvalue weighted by Crippen LogP contribution is 2.64. The number of ether oxygens (including phenoxy) is 3. The van der Waals surface area contributed by atoms with Crippen LogP contribution < -0.4 is 0 Å². The van der Waals surface area contributed by atoms with Crippen LogP contribution in [0.5, 0.6) is 0 Å². The Morgan fingerprint density at radius 2 is 0.930 bits per heavy atom. The van der Waals surface area contributed by atoms with E-state index in [0.29, 0.717) is 6.92 Å². The van der Waals surface area contributed by atoms with E-state index in [1.54, 1.807) is 0 Å². The summed E-state index contributed by atoms with van der Waals surface area (Å²) in [4.78, 5) is 23.3. The number of carbonyl (C=O) groups is 2. The summed E-state index contributed by atoms with van der Waals surface area (Å²) in [5, 5.41) is 0. The molecule has 5 nitrogen and oxygen atoms in total. The Labute approximate surface area is 229 Å². The quantitative estimate of drug-likeness (QED) is 0.0787. The second-order valence-corrected chi connectivity index (χ2v) is 8.91. The van der Waals surface area contributed by atoms with Gasteiger partial charge in [-0.25, -0.2) is 9.59 Å². The zero-order valence-corrected chi connectivity index (χ0v) is 21.5.